The molecule has 1 aliphatic heterocycles. The Kier molecular flexibility index (Phi) is 7.48. The van der Waals surface area contributed by atoms with Gasteiger partial charge >= 0.3 is 6.03 Å². The van der Waals surface area contributed by atoms with Crippen molar-refractivity contribution in [1.29, 1.82) is 0 Å². The number of benzene rings is 2. The number of ether oxygens (including phenoxy) is 1. The fraction of sp³-hybridized carbons (Fsp3) is 0.448. The van der Waals surface area contributed by atoms with Crippen LogP contribution in [0.5, 0.6) is 0 Å². The maximum Gasteiger partial charge on any atom is 0.319 e. The Labute approximate surface area is 216 Å². The van der Waals surface area contributed by atoms with Gasteiger partial charge in [-0.2, -0.15) is 0 Å². The molecule has 2 aromatic rings. The summed E-state index contributed by atoms with van der Waals surface area (Å²) in [5, 5.41) is 5.79. The summed E-state index contributed by atoms with van der Waals surface area (Å²) in [5.74, 6) is -0.913. The average molecular weight is 504 g/mol. The molecule has 2 aromatic carbocycles. The largest absolute Gasteiger partial charge is 0.379 e. The first-order valence-corrected chi connectivity index (χ1v) is 13.0. The Bertz CT molecular complexity index is 1230. The molecule has 0 spiro atoms. The third-order valence-corrected chi connectivity index (χ3v) is 7.78. The zero-order valence-electron chi connectivity index (χ0n) is 21.2. The summed E-state index contributed by atoms with van der Waals surface area (Å²) in [7, 11) is 0. The van der Waals surface area contributed by atoms with Gasteiger partial charge in [0.25, 0.3) is 0 Å². The number of aryl methyl sites for hydroxylation is 1. The van der Waals surface area contributed by atoms with Gasteiger partial charge in [-0.15, -0.1) is 0 Å². The van der Waals surface area contributed by atoms with Gasteiger partial charge in [-0.3, -0.25) is 19.3 Å². The van der Waals surface area contributed by atoms with Crippen LogP contribution in [0.2, 0.25) is 0 Å². The van der Waals surface area contributed by atoms with Gasteiger partial charge in [0.1, 0.15) is 11.6 Å². The molecule has 2 fully saturated rings. The molecule has 194 valence electrons. The molecule has 2 N–H and O–H groups in total. The SMILES string of the molecule is Cc1ccc(NC(=O)NCc2ccc3c(c2)C(=O)C(C2CCC(=O)CC2=O)C3)cc1CN1CCOCC1. The van der Waals surface area contributed by atoms with E-state index in [-0.39, 0.29) is 48.2 Å². The van der Waals surface area contributed by atoms with Gasteiger partial charge in [-0.1, -0.05) is 18.2 Å². The number of carbonyl (C=O) groups is 4. The van der Waals surface area contributed by atoms with Crippen molar-refractivity contribution in [2.45, 2.75) is 45.7 Å². The van der Waals surface area contributed by atoms with Gasteiger partial charge in [-0.05, 0) is 60.2 Å². The lowest BCUT2D eigenvalue weighted by Crippen LogP contribution is -2.35. The van der Waals surface area contributed by atoms with Crippen LogP contribution in [0.15, 0.2) is 36.4 Å². The number of nitrogens with one attached hydrogen (secondary N) is 2. The van der Waals surface area contributed by atoms with Crippen LogP contribution in [0.3, 0.4) is 0 Å². The average Bonchev–Trinajstić information content (AvgIpc) is 3.21. The number of Topliss-reactive ketones (excluding diaryl/α,β-unsaturated/α-hetero) is 3. The molecule has 0 bridgehead atoms. The molecule has 2 atom stereocenters. The Morgan fingerprint density at radius 1 is 1.05 bits per heavy atom. The van der Waals surface area contributed by atoms with Crippen molar-refractivity contribution < 1.29 is 23.9 Å². The topological polar surface area (TPSA) is 105 Å². The summed E-state index contributed by atoms with van der Waals surface area (Å²) in [6.45, 7) is 6.46. The van der Waals surface area contributed by atoms with Crippen molar-refractivity contribution in [2.75, 3.05) is 31.6 Å². The van der Waals surface area contributed by atoms with Gasteiger partial charge in [0.15, 0.2) is 5.78 Å². The molecule has 1 saturated carbocycles. The second-order valence-electron chi connectivity index (χ2n) is 10.3. The molecule has 3 aliphatic rings. The van der Waals surface area contributed by atoms with Crippen LogP contribution >= 0.6 is 0 Å². The van der Waals surface area contributed by atoms with Gasteiger partial charge in [0.05, 0.1) is 19.6 Å². The van der Waals surface area contributed by atoms with Crippen LogP contribution in [0, 0.1) is 18.8 Å². The van der Waals surface area contributed by atoms with Crippen LogP contribution in [0.25, 0.3) is 0 Å². The fourth-order valence-corrected chi connectivity index (χ4v) is 5.59. The monoisotopic (exact) mass is 503 g/mol. The van der Waals surface area contributed by atoms with E-state index in [4.69, 9.17) is 4.74 Å². The highest BCUT2D eigenvalue weighted by atomic mass is 16.5. The van der Waals surface area contributed by atoms with Crippen LogP contribution in [-0.2, 0) is 33.8 Å². The van der Waals surface area contributed by atoms with Gasteiger partial charge in [0, 0.05) is 55.7 Å². The fourth-order valence-electron chi connectivity index (χ4n) is 5.59. The van der Waals surface area contributed by atoms with E-state index in [1.165, 1.54) is 11.1 Å². The predicted octanol–water partition coefficient (Wildman–Crippen LogP) is 3.44. The minimum atomic E-state index is -0.379. The summed E-state index contributed by atoms with van der Waals surface area (Å²) < 4.78 is 5.43. The molecular weight excluding hydrogens is 470 g/mol. The lowest BCUT2D eigenvalue weighted by Gasteiger charge is -2.27. The summed E-state index contributed by atoms with van der Waals surface area (Å²) in [4.78, 5) is 52.0. The zero-order chi connectivity index (χ0) is 25.9. The molecule has 8 heteroatoms. The number of hydrogen-bond acceptors (Lipinski definition) is 6. The number of rotatable bonds is 6. The van der Waals surface area contributed by atoms with Gasteiger partial charge in [-0.25, -0.2) is 4.79 Å². The van der Waals surface area contributed by atoms with Crippen LogP contribution in [0.4, 0.5) is 10.5 Å². The van der Waals surface area contributed by atoms with Crippen molar-refractivity contribution >= 4 is 29.1 Å². The summed E-state index contributed by atoms with van der Waals surface area (Å²) in [6.07, 6.45) is 1.32. The number of carbonyl (C=O) groups excluding carboxylic acids is 4. The first-order chi connectivity index (χ1) is 17.9. The zero-order valence-corrected chi connectivity index (χ0v) is 21.2. The number of anilines is 1. The quantitative estimate of drug-likeness (QED) is 0.585. The second kappa shape index (κ2) is 10.9. The van der Waals surface area contributed by atoms with E-state index in [9.17, 15) is 19.2 Å². The molecule has 2 aliphatic carbocycles. The van der Waals surface area contributed by atoms with Crippen molar-refractivity contribution in [3.63, 3.8) is 0 Å². The Morgan fingerprint density at radius 2 is 1.86 bits per heavy atom. The Morgan fingerprint density at radius 3 is 2.65 bits per heavy atom. The molecule has 1 heterocycles. The lowest BCUT2D eigenvalue weighted by molar-refractivity contribution is -0.133. The number of amides is 2. The number of morpholine rings is 1. The summed E-state index contributed by atoms with van der Waals surface area (Å²) in [5.41, 5.74) is 5.47. The van der Waals surface area contributed by atoms with E-state index in [0.29, 0.717) is 24.8 Å². The predicted molar refractivity (Wildman–Crippen MR) is 138 cm³/mol. The first kappa shape index (κ1) is 25.3. The number of ketones is 3. The van der Waals surface area contributed by atoms with E-state index < -0.39 is 0 Å². The lowest BCUT2D eigenvalue weighted by atomic mass is 9.77. The third kappa shape index (κ3) is 5.81. The van der Waals surface area contributed by atoms with Crippen LogP contribution in [-0.4, -0.2) is 54.6 Å². The van der Waals surface area contributed by atoms with Crippen LogP contribution < -0.4 is 10.6 Å². The highest BCUT2D eigenvalue weighted by molar-refractivity contribution is 6.08. The second-order valence-corrected chi connectivity index (χ2v) is 10.3. The molecule has 2 amide bonds. The highest BCUT2D eigenvalue weighted by Crippen LogP contribution is 2.37. The van der Waals surface area contributed by atoms with Crippen LogP contribution in [0.1, 0.15) is 51.9 Å². The maximum atomic E-state index is 13.1. The van der Waals surface area contributed by atoms with Crippen molar-refractivity contribution in [3.05, 3.63) is 64.2 Å². The normalized spacial score (nSPS) is 22.1. The smallest absolute Gasteiger partial charge is 0.319 e. The molecule has 2 unspecified atom stereocenters. The van der Waals surface area contributed by atoms with Crippen molar-refractivity contribution in [3.8, 4) is 0 Å². The molecule has 1 saturated heterocycles. The number of fused-ring (bicyclic) bond motifs is 1. The third-order valence-electron chi connectivity index (χ3n) is 7.78. The number of nitrogens with zero attached hydrogens (tertiary/aromatic N) is 1. The standard InChI is InChI=1S/C29H33N3O5/c1-18-2-5-22(13-21(18)17-32-8-10-37-11-9-32)31-29(36)30-16-19-3-4-20-14-26(28(35)25(20)12-19)24-7-6-23(33)15-27(24)34/h2-5,12-13,24,26H,6-11,14-17H2,1H3,(H2,30,31,36). The summed E-state index contributed by atoms with van der Waals surface area (Å²) in [6, 6.07) is 11.3. The molecule has 0 radical (unpaired) electrons. The number of hydrogen-bond donors (Lipinski definition) is 2. The van der Waals surface area contributed by atoms with Gasteiger partial charge < -0.3 is 15.4 Å². The van der Waals surface area contributed by atoms with Crippen molar-refractivity contribution in [2.24, 2.45) is 11.8 Å². The van der Waals surface area contributed by atoms with E-state index >= 15 is 0 Å². The van der Waals surface area contributed by atoms with E-state index in [2.05, 4.69) is 22.5 Å². The highest BCUT2D eigenvalue weighted by Gasteiger charge is 2.41. The minimum Gasteiger partial charge on any atom is -0.379 e. The maximum absolute atomic E-state index is 13.1. The Balaban J connectivity index is 1.17. The molecule has 8 nitrogen and oxygen atoms in total. The Hall–Kier alpha value is -3.36. The molecular formula is C29H33N3O5. The molecule has 0 aromatic heterocycles. The molecule has 37 heavy (non-hydrogen) atoms. The van der Waals surface area contributed by atoms with E-state index in [0.717, 1.165) is 49.7 Å². The number of urea groups is 1. The first-order valence-electron chi connectivity index (χ1n) is 13.0. The molecule has 5 rings (SSSR count). The van der Waals surface area contributed by atoms with E-state index in [1.54, 1.807) is 0 Å². The van der Waals surface area contributed by atoms with Crippen molar-refractivity contribution in [1.82, 2.24) is 10.2 Å². The van der Waals surface area contributed by atoms with Gasteiger partial charge in [0.2, 0.25) is 0 Å². The van der Waals surface area contributed by atoms with E-state index in [1.807, 2.05) is 36.4 Å². The summed E-state index contributed by atoms with van der Waals surface area (Å²) >= 11 is 0. The minimum absolute atomic E-state index is 0.0264.